The molecule has 1 unspecified atom stereocenters. The Morgan fingerprint density at radius 3 is 0.741 bits per heavy atom. The molecule has 0 spiro atoms. The van der Waals surface area contributed by atoms with Gasteiger partial charge in [0, 0.05) is 97.6 Å². The summed E-state index contributed by atoms with van der Waals surface area (Å²) in [5.74, 6) is -0.135. The molecule has 0 saturated carbocycles. The van der Waals surface area contributed by atoms with Gasteiger partial charge in [-0.15, -0.1) is 0 Å². The fourth-order valence-electron chi connectivity index (χ4n) is 15.6. The molecule has 147 heavy (non-hydrogen) atoms. The van der Waals surface area contributed by atoms with Gasteiger partial charge in [-0.2, -0.15) is 0 Å². The van der Waals surface area contributed by atoms with Gasteiger partial charge < -0.3 is 135 Å². The normalized spacial score (nSPS) is 12.2. The molecular formula is C107H144N14O22S4. The number of nitrogens with zero attached hydrogens (tertiary/aromatic N) is 8. The summed E-state index contributed by atoms with van der Waals surface area (Å²) in [7, 11) is 17.7. The lowest BCUT2D eigenvalue weighted by Crippen LogP contribution is -2.41. The van der Waals surface area contributed by atoms with Crippen LogP contribution in [0.15, 0.2) is 239 Å². The number of H-pyrrole nitrogens is 1. The number of rotatable bonds is 39. The Hall–Kier alpha value is -12.9. The van der Waals surface area contributed by atoms with Crippen molar-refractivity contribution in [2.45, 2.75) is 208 Å². The molecule has 0 saturated heterocycles. The monoisotopic (exact) mass is 2100 g/mol. The van der Waals surface area contributed by atoms with Crippen LogP contribution in [0.25, 0.3) is 10.9 Å². The highest BCUT2D eigenvalue weighted by Gasteiger charge is 2.34. The second-order valence-electron chi connectivity index (χ2n) is 42.2. The standard InChI is InChI=1S/C96H128N8O8S4.C11H12N2O2.4NO3/c1-93(2,3)73-53-77-89(109-65-85(105)97-45-33-49-101(13,14)61-69-37-25-21-26-38-69)78(54-73)114-80-56-75(95(7,8)9)58-82(91(80)111-67-87(107)99-47-35-51-103(17,18)63-71-41-29-23-30-42-71)116-84-60-76(96(10,11)12)59-83(92(84)112-68-88(108)100-48-36-52-104(19,20)64-72-43-31-24-32-44-72)115-81-57-74(94(4,5)6)55-79(113-77)90(81)110-66-86(106)98-46-34-50-102(15,16)62-70-39-27-22-28-40-70;12-9(11(14)15)5-7-6-13-10-4-2-1-3-8(7)10;4*2-1(3)4/h21-32,37-44,53-60H,33-36,45-52,61-68H2,1-20H3;1-4,6,9,13H,5,12H2,(H,14,15);;;;/q;;4*-1/p+4. The number of nitrogens with two attached hydrogens (primary N) is 1. The fourth-order valence-corrected chi connectivity index (χ4v) is 20.4. The predicted molar refractivity (Wildman–Crippen MR) is 577 cm³/mol. The van der Waals surface area contributed by atoms with Crippen LogP contribution < -0.4 is 45.9 Å². The molecule has 36 nitrogen and oxygen atoms in total. The molecule has 0 aliphatic carbocycles. The minimum atomic E-state index is -1.75. The highest BCUT2D eigenvalue weighted by atomic mass is 32.2. The van der Waals surface area contributed by atoms with Crippen molar-refractivity contribution in [3.8, 4) is 23.0 Å². The summed E-state index contributed by atoms with van der Waals surface area (Å²) < 4.78 is 31.6. The number of amides is 4. The maximum absolute atomic E-state index is 14.6. The summed E-state index contributed by atoms with van der Waals surface area (Å²) in [5.41, 5.74) is 14.8. The molecule has 8 bridgehead atoms. The molecule has 1 aromatic heterocycles. The number of aliphatic carboxylic acids is 1. The number of benzene rings is 9. The first kappa shape index (κ1) is 123. The van der Waals surface area contributed by atoms with Gasteiger partial charge in [0.15, 0.2) is 26.4 Å². The second-order valence-corrected chi connectivity index (χ2v) is 46.5. The maximum atomic E-state index is 14.6. The van der Waals surface area contributed by atoms with E-state index in [4.69, 9.17) is 91.1 Å². The average molecular weight is 2110 g/mol. The van der Waals surface area contributed by atoms with Gasteiger partial charge in [-0.1, -0.05) is 270 Å². The van der Waals surface area contributed by atoms with Gasteiger partial charge in [0.2, 0.25) is 0 Å². The number of aromatic nitrogens is 1. The van der Waals surface area contributed by atoms with Crippen molar-refractivity contribution < 1.29 is 86.3 Å². The number of carbonyl (C=O) groups is 5. The average Bonchev–Trinajstić information content (AvgIpc) is 1.17. The number of aromatic amines is 1. The van der Waals surface area contributed by atoms with Crippen LogP contribution >= 0.6 is 47.0 Å². The third kappa shape index (κ3) is 45.9. The number of nitrogens with one attached hydrogen (secondary N) is 5. The Kier molecular flexibility index (Phi) is 47.9. The number of carboxylic acid groups (broad SMARTS) is 1. The molecule has 10 aromatic rings. The van der Waals surface area contributed by atoms with Crippen LogP contribution in [0, 0.1) is 61.3 Å². The van der Waals surface area contributed by atoms with Gasteiger partial charge in [-0.25, -0.2) is 0 Å². The third-order valence-electron chi connectivity index (χ3n) is 23.1. The first-order chi connectivity index (χ1) is 68.7. The molecule has 1 aliphatic rings. The SMILES string of the molecule is CC(C)(C)c1cc2c(OCC(=O)NCCC[N+](C)(C)Cc3ccccc3)c(c1)Sc1cc(C(C)(C)C)cc(c1OCC(=O)NCCC[N+](C)(C)Cc1ccccc1)Sc1cc(C(C)(C)C)cc(c1OCC(=O)NCCC[N+](C)(C)Cc1ccccc1)Sc1cc(C(C)(C)C)cc(c1OCC(=O)NCCC[N+](C)(C)Cc1ccccc1)S2.NC(Cc1c[nH]c2ccccc12)C(=O)O.O=[N+]([O-])[O-].O=[N+]([O-])[O-].O=[N+]([O-])[O-].O=[N+]([O-])[O-]. The molecule has 0 fully saturated rings. The number of hydrogen-bond donors (Lipinski definition) is 7. The van der Waals surface area contributed by atoms with Gasteiger partial charge in [0.25, 0.3) is 23.6 Å². The lowest BCUT2D eigenvalue weighted by molar-refractivity contribution is -0.903. The molecule has 11 rings (SSSR count). The van der Waals surface area contributed by atoms with E-state index in [1.54, 1.807) is 0 Å². The highest BCUT2D eigenvalue weighted by molar-refractivity contribution is 8.01. The number of para-hydroxylation sites is 1. The first-order valence-corrected chi connectivity index (χ1v) is 51.2. The summed E-state index contributed by atoms with van der Waals surface area (Å²) in [4.78, 5) is 111. The van der Waals surface area contributed by atoms with Crippen LogP contribution in [-0.2, 0) is 78.2 Å². The molecule has 2 heterocycles. The van der Waals surface area contributed by atoms with Crippen molar-refractivity contribution in [3.63, 3.8) is 0 Å². The Balaban J connectivity index is 0.000000913. The van der Waals surface area contributed by atoms with E-state index in [1.807, 2.05) is 54.7 Å². The summed E-state index contributed by atoms with van der Waals surface area (Å²) in [6.45, 7) is 33.8. The maximum Gasteiger partial charge on any atom is 0.320 e. The Morgan fingerprint density at radius 1 is 0.347 bits per heavy atom. The molecule has 40 heteroatoms. The zero-order valence-electron chi connectivity index (χ0n) is 87.8. The molecule has 0 radical (unpaired) electrons. The van der Waals surface area contributed by atoms with E-state index in [0.29, 0.717) is 94.8 Å². The smallest absolute Gasteiger partial charge is 0.320 e. The zero-order valence-corrected chi connectivity index (χ0v) is 91.1. The van der Waals surface area contributed by atoms with Crippen molar-refractivity contribution in [2.24, 2.45) is 5.73 Å². The summed E-state index contributed by atoms with van der Waals surface area (Å²) in [6, 6.07) is 66.2. The molecule has 1 atom stereocenters. The minimum Gasteiger partial charge on any atom is -0.481 e. The van der Waals surface area contributed by atoms with Crippen molar-refractivity contribution in [3.05, 3.63) is 312 Å². The van der Waals surface area contributed by atoms with Crippen molar-refractivity contribution >= 4 is 87.5 Å². The van der Waals surface area contributed by atoms with Gasteiger partial charge in [-0.3, -0.25) is 24.0 Å². The van der Waals surface area contributed by atoms with E-state index in [9.17, 15) is 24.0 Å². The van der Waals surface area contributed by atoms with E-state index in [0.717, 1.165) is 135 Å². The molecule has 8 N–H and O–H groups in total. The third-order valence-corrected chi connectivity index (χ3v) is 27.3. The van der Waals surface area contributed by atoms with Crippen LogP contribution in [0.4, 0.5) is 0 Å². The van der Waals surface area contributed by atoms with E-state index < -0.39 is 54.0 Å². The second kappa shape index (κ2) is 57.4. The number of carboxylic acids is 1. The van der Waals surface area contributed by atoms with E-state index in [1.165, 1.54) is 69.3 Å². The lowest BCUT2D eigenvalue weighted by Gasteiger charge is -2.30. The number of carbonyl (C=O) groups excluding carboxylic acids is 4. The van der Waals surface area contributed by atoms with Gasteiger partial charge in [0.1, 0.15) is 55.2 Å². The molecule has 798 valence electrons. The van der Waals surface area contributed by atoms with Gasteiger partial charge >= 0.3 is 5.97 Å². The lowest BCUT2D eigenvalue weighted by atomic mass is 9.87. The summed E-state index contributed by atoms with van der Waals surface area (Å²) in [5, 5.41) is 81.6. The van der Waals surface area contributed by atoms with Crippen molar-refractivity contribution in [1.29, 1.82) is 0 Å². The molecule has 1 aliphatic heterocycles. The number of fused-ring (bicyclic) bond motifs is 9. The van der Waals surface area contributed by atoms with E-state index >= 15 is 0 Å². The predicted octanol–water partition coefficient (Wildman–Crippen LogP) is 18.6. The zero-order chi connectivity index (χ0) is 109. The van der Waals surface area contributed by atoms with Crippen LogP contribution in [0.3, 0.4) is 0 Å². The summed E-state index contributed by atoms with van der Waals surface area (Å²) >= 11 is 5.89. The van der Waals surface area contributed by atoms with E-state index in [2.05, 4.69) is 311 Å². The number of hydrogen-bond acceptors (Lipinski definition) is 26. The number of quaternary nitrogens is 4. The molecule has 4 amide bonds. The molecular weight excluding hydrogens is 1960 g/mol. The molecule has 9 aromatic carbocycles. The van der Waals surface area contributed by atoms with E-state index in [-0.39, 0.29) is 50.1 Å². The van der Waals surface area contributed by atoms with Crippen molar-refractivity contribution in [2.75, 3.05) is 135 Å². The number of ether oxygens (including phenoxy) is 4. The Bertz CT molecular complexity index is 5240. The topological polar surface area (TPSA) is 497 Å². The van der Waals surface area contributed by atoms with Gasteiger partial charge in [-0.05, 0) is 104 Å². The van der Waals surface area contributed by atoms with Crippen LogP contribution in [0.5, 0.6) is 23.0 Å². The highest BCUT2D eigenvalue weighted by Crippen LogP contribution is 2.57. The largest absolute Gasteiger partial charge is 0.481 e. The van der Waals surface area contributed by atoms with Gasteiger partial charge in [0.05, 0.1) is 142 Å². The fraction of sp³-hybridized carbons (Fsp3) is 0.430. The minimum absolute atomic E-state index is 0.263. The van der Waals surface area contributed by atoms with Crippen LogP contribution in [0.2, 0.25) is 0 Å². The van der Waals surface area contributed by atoms with Crippen LogP contribution in [0.1, 0.15) is 159 Å². The van der Waals surface area contributed by atoms with Crippen LogP contribution in [-0.4, -0.2) is 219 Å². The Labute approximate surface area is 878 Å². The quantitative estimate of drug-likeness (QED) is 0.00814. The Morgan fingerprint density at radius 2 is 0.544 bits per heavy atom. The summed E-state index contributed by atoms with van der Waals surface area (Å²) in [6.07, 6.45) is 5.17. The van der Waals surface area contributed by atoms with Crippen molar-refractivity contribution in [1.82, 2.24) is 26.3 Å². The first-order valence-electron chi connectivity index (χ1n) is 47.9.